The van der Waals surface area contributed by atoms with Crippen LogP contribution in [0.2, 0.25) is 0 Å². The van der Waals surface area contributed by atoms with Crippen molar-refractivity contribution in [1.29, 1.82) is 0 Å². The Morgan fingerprint density at radius 1 is 0.887 bits per heavy atom. The molecule has 0 spiro atoms. The molecule has 2 saturated heterocycles. The molecule has 24 nitrogen and oxygen atoms in total. The molecule has 2 fully saturated rings. The number of thioether (sulfide) groups is 1. The number of carbonyl (C=O) groups excluding carboxylic acids is 10. The van der Waals surface area contributed by atoms with Crippen molar-refractivity contribution in [3.63, 3.8) is 0 Å². The van der Waals surface area contributed by atoms with Gasteiger partial charge in [0.25, 0.3) is 0 Å². The lowest BCUT2D eigenvalue weighted by atomic mass is 9.95. The highest BCUT2D eigenvalue weighted by Gasteiger charge is 2.44. The number of primary amides is 2. The van der Waals surface area contributed by atoms with E-state index in [1.807, 2.05) is 0 Å². The maximum Gasteiger partial charge on any atom is 0.246 e. The molecule has 4 rings (SSSR count). The fraction of sp³-hybridized carbons (Fsp3) is 0.533. The molecule has 0 saturated carbocycles. The Kier molecular flexibility index (Phi) is 22.0. The van der Waals surface area contributed by atoms with Gasteiger partial charge in [0.1, 0.15) is 41.8 Å². The number of nitrogens with two attached hydrogens (primary N) is 4. The minimum Gasteiger partial charge on any atom is -0.391 e. The second-order valence-electron chi connectivity index (χ2n) is 17.4. The Morgan fingerprint density at radius 2 is 1.59 bits per heavy atom. The van der Waals surface area contributed by atoms with Gasteiger partial charge in [0.15, 0.2) is 5.96 Å². The third-order valence-electron chi connectivity index (χ3n) is 11.7. The Balaban J connectivity index is 1.67. The lowest BCUT2D eigenvalue weighted by molar-refractivity contribution is -0.142. The molecular formula is C45H65N13O11S2. The molecule has 0 aliphatic carbocycles. The molecule has 0 radical (unpaired) electrons. The van der Waals surface area contributed by atoms with Crippen LogP contribution < -0.4 is 60.2 Å². The van der Waals surface area contributed by atoms with E-state index in [2.05, 4.69) is 42.2 Å². The highest BCUT2D eigenvalue weighted by Crippen LogP contribution is 2.22. The monoisotopic (exact) mass is 1030 g/mol. The lowest BCUT2D eigenvalue weighted by Gasteiger charge is -2.33. The van der Waals surface area contributed by atoms with Crippen molar-refractivity contribution in [2.45, 2.75) is 120 Å². The molecule has 388 valence electrons. The first-order valence-electron chi connectivity index (χ1n) is 23.0. The van der Waals surface area contributed by atoms with Gasteiger partial charge in [0.2, 0.25) is 59.1 Å². The normalized spacial score (nSPS) is 24.4. The van der Waals surface area contributed by atoms with Crippen LogP contribution in [0.4, 0.5) is 0 Å². The first kappa shape index (κ1) is 56.8. The fourth-order valence-corrected chi connectivity index (χ4v) is 9.39. The molecule has 26 heteroatoms. The molecule has 3 heterocycles. The molecule has 8 atom stereocenters. The summed E-state index contributed by atoms with van der Waals surface area (Å²) in [5.41, 5.74) is 20.5. The third kappa shape index (κ3) is 18.2. The number of β-amino-alcohol motifs (C(OH)–C–C–N with tert-alkyl or cyclic N) is 1. The third-order valence-corrected chi connectivity index (χ3v) is 13.7. The van der Waals surface area contributed by atoms with Crippen LogP contribution in [0.15, 0.2) is 52.8 Å². The SMILES string of the molecule is CC[C@]1(C)NC(=O)[C@H](Cc2cccs2)NC(=O)[C@@H](Cc2ccccc2)NC(=O)CCCSCC(C(=O)N2C[C@H](O)C[C@H]2C(=O)N[C@H](CCCN=C(N)N)C(=O)NCC(N)=O)NC(=O)[C@H](CC(N)=O)NC1=O. The minimum absolute atomic E-state index is 0.0198. The van der Waals surface area contributed by atoms with Gasteiger partial charge in [-0.1, -0.05) is 43.3 Å². The van der Waals surface area contributed by atoms with E-state index in [9.17, 15) is 53.1 Å². The number of carbonyl (C=O) groups is 10. The Labute approximate surface area is 418 Å². The predicted molar refractivity (Wildman–Crippen MR) is 263 cm³/mol. The molecule has 0 bridgehead atoms. The summed E-state index contributed by atoms with van der Waals surface area (Å²) in [6.45, 7) is 2.14. The van der Waals surface area contributed by atoms with E-state index in [1.54, 1.807) is 54.8 Å². The first-order valence-corrected chi connectivity index (χ1v) is 25.1. The lowest BCUT2D eigenvalue weighted by Crippen LogP contribution is -2.64. The Bertz CT molecular complexity index is 2250. The van der Waals surface area contributed by atoms with Crippen molar-refractivity contribution in [2.75, 3.05) is 31.1 Å². The quantitative estimate of drug-likeness (QED) is 0.0412. The topological polar surface area (TPSA) is 395 Å². The van der Waals surface area contributed by atoms with Crippen LogP contribution in [0, 0.1) is 0 Å². The standard InChI is InChI=1S/C45H65N13O11S2/c1-3-45(2)43(69)56-31(21-34(46)60)39(65)55-32(42(68)58-23-26(59)19-33(58)41(67)53-28(13-7-15-50-44(48)49)37(63)51-22-35(47)61)24-70-16-9-14-36(62)52-29(18-25-10-5-4-6-11-25)38(64)54-30(40(66)57-45)20-27-12-8-17-71-27/h4-6,8,10-12,17,26,28-33,59H,3,7,9,13-16,18-24H2,1-2H3,(H2,46,60)(H2,47,61)(H,51,63)(H,52,62)(H,53,67)(H,54,64)(H,55,65)(H,56,69)(H,57,66)(H4,48,49,50)/t26-,28-,29-,30+,31+,32?,33+,45+/m1/s1. The maximum atomic E-state index is 14.6. The number of thiophene rings is 1. The van der Waals surface area contributed by atoms with E-state index in [0.29, 0.717) is 0 Å². The van der Waals surface area contributed by atoms with Gasteiger partial charge in [0.05, 0.1) is 19.1 Å². The number of aliphatic imine (C=N–C) groups is 1. The van der Waals surface area contributed by atoms with Crippen LogP contribution in [0.5, 0.6) is 0 Å². The van der Waals surface area contributed by atoms with Crippen LogP contribution in [0.3, 0.4) is 0 Å². The van der Waals surface area contributed by atoms with E-state index in [4.69, 9.17) is 22.9 Å². The molecular weight excluding hydrogens is 963 g/mol. The summed E-state index contributed by atoms with van der Waals surface area (Å²) in [6.07, 6.45) is -1.87. The van der Waals surface area contributed by atoms with Crippen LogP contribution in [0.25, 0.3) is 0 Å². The number of guanidine groups is 1. The molecule has 1 aromatic heterocycles. The van der Waals surface area contributed by atoms with Crippen molar-refractivity contribution >= 4 is 88.1 Å². The minimum atomic E-state index is -1.76. The zero-order chi connectivity index (χ0) is 52.3. The van der Waals surface area contributed by atoms with Gasteiger partial charge in [-0.3, -0.25) is 52.9 Å². The van der Waals surface area contributed by atoms with Crippen LogP contribution in [-0.4, -0.2) is 154 Å². The van der Waals surface area contributed by atoms with Crippen molar-refractivity contribution in [1.82, 2.24) is 42.1 Å². The zero-order valence-corrected chi connectivity index (χ0v) is 41.2. The van der Waals surface area contributed by atoms with Crippen LogP contribution >= 0.6 is 23.1 Å². The van der Waals surface area contributed by atoms with E-state index in [0.717, 1.165) is 27.1 Å². The van der Waals surface area contributed by atoms with Gasteiger partial charge in [0, 0.05) is 49.4 Å². The summed E-state index contributed by atoms with van der Waals surface area (Å²) in [5.74, 6) is -8.35. The average Bonchev–Trinajstić information content (AvgIpc) is 3.99. The summed E-state index contributed by atoms with van der Waals surface area (Å²) in [6, 6.07) is 4.29. The molecule has 2 aliphatic heterocycles. The van der Waals surface area contributed by atoms with Gasteiger partial charge < -0.3 is 70.2 Å². The summed E-state index contributed by atoms with van der Waals surface area (Å²) in [4.78, 5) is 141. The van der Waals surface area contributed by atoms with E-state index >= 15 is 0 Å². The summed E-state index contributed by atoms with van der Waals surface area (Å²) in [7, 11) is 0. The van der Waals surface area contributed by atoms with Gasteiger partial charge >= 0.3 is 0 Å². The molecule has 71 heavy (non-hydrogen) atoms. The Morgan fingerprint density at radius 3 is 2.24 bits per heavy atom. The number of aliphatic hydroxyl groups is 1. The van der Waals surface area contributed by atoms with Gasteiger partial charge in [-0.05, 0) is 55.4 Å². The fourth-order valence-electron chi connectivity index (χ4n) is 7.66. The number of benzene rings is 1. The van der Waals surface area contributed by atoms with Crippen molar-refractivity contribution in [2.24, 2.45) is 27.9 Å². The molecule has 2 aliphatic rings. The number of nitrogens with zero attached hydrogens (tertiary/aromatic N) is 2. The highest BCUT2D eigenvalue weighted by atomic mass is 32.2. The summed E-state index contributed by atoms with van der Waals surface area (Å²) in [5, 5.41) is 30.9. The molecule has 2 aromatic rings. The van der Waals surface area contributed by atoms with Crippen molar-refractivity contribution in [3.8, 4) is 0 Å². The van der Waals surface area contributed by atoms with Crippen molar-refractivity contribution in [3.05, 3.63) is 58.3 Å². The van der Waals surface area contributed by atoms with Gasteiger partial charge in [-0.15, -0.1) is 11.3 Å². The highest BCUT2D eigenvalue weighted by molar-refractivity contribution is 7.99. The Hall–Kier alpha value is -6.80. The van der Waals surface area contributed by atoms with E-state index < -0.39 is 120 Å². The summed E-state index contributed by atoms with van der Waals surface area (Å²) >= 11 is 2.48. The first-order chi connectivity index (χ1) is 33.7. The average molecular weight is 1030 g/mol. The largest absolute Gasteiger partial charge is 0.391 e. The predicted octanol–water partition coefficient (Wildman–Crippen LogP) is -3.74. The zero-order valence-electron chi connectivity index (χ0n) is 39.6. The molecule has 1 unspecified atom stereocenters. The van der Waals surface area contributed by atoms with Gasteiger partial charge in [-0.25, -0.2) is 0 Å². The molecule has 16 N–H and O–H groups in total. The van der Waals surface area contributed by atoms with Crippen LogP contribution in [-0.2, 0) is 60.8 Å². The number of aliphatic hydroxyl groups excluding tert-OH is 1. The molecule has 10 amide bonds. The molecule has 1 aromatic carbocycles. The van der Waals surface area contributed by atoms with Crippen molar-refractivity contribution < 1.29 is 53.1 Å². The second-order valence-corrected chi connectivity index (χ2v) is 19.5. The number of hydrogen-bond donors (Lipinski definition) is 12. The van der Waals surface area contributed by atoms with Gasteiger partial charge in [-0.2, -0.15) is 11.8 Å². The van der Waals surface area contributed by atoms with Crippen LogP contribution in [0.1, 0.15) is 69.2 Å². The number of amides is 10. The van der Waals surface area contributed by atoms with E-state index in [-0.39, 0.29) is 81.9 Å². The second kappa shape index (κ2) is 27.6. The summed E-state index contributed by atoms with van der Waals surface area (Å²) < 4.78 is 0. The number of hydrogen-bond acceptors (Lipinski definition) is 14. The number of rotatable bonds is 17. The maximum absolute atomic E-state index is 14.6. The van der Waals surface area contributed by atoms with E-state index in [1.165, 1.54) is 18.3 Å². The number of nitrogens with one attached hydrogen (secondary N) is 7. The smallest absolute Gasteiger partial charge is 0.246 e. The number of likely N-dealkylation sites (tertiary alicyclic amines) is 1.